The summed E-state index contributed by atoms with van der Waals surface area (Å²) >= 11 is 5.83. The Morgan fingerprint density at radius 2 is 2.11 bits per heavy atom. The van der Waals surface area contributed by atoms with Crippen molar-refractivity contribution in [1.82, 2.24) is 4.90 Å². The third-order valence-electron chi connectivity index (χ3n) is 2.92. The predicted octanol–water partition coefficient (Wildman–Crippen LogP) is 1.41. The summed E-state index contributed by atoms with van der Waals surface area (Å²) in [6.45, 7) is 1.86. The molecule has 0 aliphatic carbocycles. The fourth-order valence-electron chi connectivity index (χ4n) is 1.89. The summed E-state index contributed by atoms with van der Waals surface area (Å²) in [6, 6.07) is 2.90. The SMILES string of the molecule is NCc1c(Cl)ccc(C(=O)N2CCOCC2)c1F. The van der Waals surface area contributed by atoms with Crippen LogP contribution in [0.2, 0.25) is 5.02 Å². The number of morpholine rings is 1. The van der Waals surface area contributed by atoms with E-state index in [0.29, 0.717) is 26.3 Å². The Labute approximate surface area is 109 Å². The van der Waals surface area contributed by atoms with E-state index in [4.69, 9.17) is 22.1 Å². The van der Waals surface area contributed by atoms with Crippen LogP contribution in [0.3, 0.4) is 0 Å². The van der Waals surface area contributed by atoms with Crippen molar-refractivity contribution in [3.63, 3.8) is 0 Å². The summed E-state index contributed by atoms with van der Waals surface area (Å²) in [7, 11) is 0. The van der Waals surface area contributed by atoms with Crippen molar-refractivity contribution in [2.75, 3.05) is 26.3 Å². The second kappa shape index (κ2) is 5.65. The maximum Gasteiger partial charge on any atom is 0.256 e. The van der Waals surface area contributed by atoms with Crippen LogP contribution in [-0.4, -0.2) is 37.1 Å². The van der Waals surface area contributed by atoms with Gasteiger partial charge in [0.15, 0.2) is 0 Å². The van der Waals surface area contributed by atoms with Gasteiger partial charge in [-0.2, -0.15) is 0 Å². The van der Waals surface area contributed by atoms with Crippen molar-refractivity contribution in [2.24, 2.45) is 5.73 Å². The highest BCUT2D eigenvalue weighted by Gasteiger charge is 2.23. The number of nitrogens with two attached hydrogens (primary N) is 1. The maximum atomic E-state index is 14.1. The molecule has 6 heteroatoms. The Morgan fingerprint density at radius 1 is 1.44 bits per heavy atom. The summed E-state index contributed by atoms with van der Waals surface area (Å²) in [5, 5.41) is 0.244. The Morgan fingerprint density at radius 3 is 2.72 bits per heavy atom. The van der Waals surface area contributed by atoms with Crippen molar-refractivity contribution >= 4 is 17.5 Å². The number of hydrogen-bond acceptors (Lipinski definition) is 3. The van der Waals surface area contributed by atoms with Crippen LogP contribution in [0.4, 0.5) is 4.39 Å². The van der Waals surface area contributed by atoms with Crippen molar-refractivity contribution in [3.8, 4) is 0 Å². The lowest BCUT2D eigenvalue weighted by Gasteiger charge is -2.27. The van der Waals surface area contributed by atoms with Crippen LogP contribution in [-0.2, 0) is 11.3 Å². The van der Waals surface area contributed by atoms with E-state index in [1.54, 1.807) is 4.90 Å². The number of benzene rings is 1. The highest BCUT2D eigenvalue weighted by Crippen LogP contribution is 2.23. The minimum absolute atomic E-state index is 0.0155. The van der Waals surface area contributed by atoms with Crippen molar-refractivity contribution < 1.29 is 13.9 Å². The van der Waals surface area contributed by atoms with Gasteiger partial charge in [-0.1, -0.05) is 11.6 Å². The number of carbonyl (C=O) groups excluding carboxylic acids is 1. The fourth-order valence-corrected chi connectivity index (χ4v) is 2.11. The lowest BCUT2D eigenvalue weighted by molar-refractivity contribution is 0.0299. The number of ether oxygens (including phenoxy) is 1. The topological polar surface area (TPSA) is 55.6 Å². The maximum absolute atomic E-state index is 14.1. The number of amides is 1. The number of nitrogens with zero attached hydrogens (tertiary/aromatic N) is 1. The van der Waals surface area contributed by atoms with Gasteiger partial charge in [-0.15, -0.1) is 0 Å². The highest BCUT2D eigenvalue weighted by molar-refractivity contribution is 6.31. The molecule has 0 spiro atoms. The molecule has 0 bridgehead atoms. The van der Waals surface area contributed by atoms with Crippen LogP contribution in [0.5, 0.6) is 0 Å². The number of carbonyl (C=O) groups is 1. The molecule has 1 amide bonds. The molecule has 98 valence electrons. The van der Waals surface area contributed by atoms with E-state index in [1.807, 2.05) is 0 Å². The standard InChI is InChI=1S/C12H14ClFN2O2/c13-10-2-1-8(11(14)9(10)7-15)12(17)16-3-5-18-6-4-16/h1-2H,3-7,15H2. The van der Waals surface area contributed by atoms with E-state index in [9.17, 15) is 9.18 Å². The lowest BCUT2D eigenvalue weighted by atomic mass is 10.1. The molecule has 18 heavy (non-hydrogen) atoms. The van der Waals surface area contributed by atoms with Gasteiger partial charge in [0.1, 0.15) is 5.82 Å². The van der Waals surface area contributed by atoms with E-state index >= 15 is 0 Å². The van der Waals surface area contributed by atoms with E-state index in [1.165, 1.54) is 12.1 Å². The molecule has 1 aromatic carbocycles. The first-order valence-corrected chi connectivity index (χ1v) is 6.07. The average molecular weight is 273 g/mol. The molecule has 1 fully saturated rings. The summed E-state index contributed by atoms with van der Waals surface area (Å²) < 4.78 is 19.2. The third-order valence-corrected chi connectivity index (χ3v) is 3.27. The molecular formula is C12H14ClFN2O2. The number of rotatable bonds is 2. The van der Waals surface area contributed by atoms with Crippen LogP contribution < -0.4 is 5.73 Å². The molecule has 2 rings (SSSR count). The Bertz CT molecular complexity index is 462. The monoisotopic (exact) mass is 272 g/mol. The minimum atomic E-state index is -0.624. The third kappa shape index (κ3) is 2.48. The first-order valence-electron chi connectivity index (χ1n) is 5.69. The van der Waals surface area contributed by atoms with Crippen LogP contribution in [0, 0.1) is 5.82 Å². The molecule has 1 aromatic rings. The summed E-state index contributed by atoms with van der Waals surface area (Å²) in [6.07, 6.45) is 0. The van der Waals surface area contributed by atoms with Crippen molar-refractivity contribution in [1.29, 1.82) is 0 Å². The number of halogens is 2. The summed E-state index contributed by atoms with van der Waals surface area (Å²) in [4.78, 5) is 13.7. The normalized spacial score (nSPS) is 15.8. The Hall–Kier alpha value is -1.17. The van der Waals surface area contributed by atoms with Crippen molar-refractivity contribution in [3.05, 3.63) is 34.1 Å². The first kappa shape index (κ1) is 13.3. The molecule has 0 aromatic heterocycles. The zero-order valence-corrected chi connectivity index (χ0v) is 10.5. The van der Waals surface area contributed by atoms with Gasteiger partial charge < -0.3 is 15.4 Å². The predicted molar refractivity (Wildman–Crippen MR) is 66.0 cm³/mol. The van der Waals surface area contributed by atoms with Crippen LogP contribution in [0.25, 0.3) is 0 Å². The quantitative estimate of drug-likeness (QED) is 0.886. The molecule has 1 heterocycles. The smallest absolute Gasteiger partial charge is 0.256 e. The molecular weight excluding hydrogens is 259 g/mol. The van der Waals surface area contributed by atoms with Gasteiger partial charge in [0, 0.05) is 30.2 Å². The highest BCUT2D eigenvalue weighted by atomic mass is 35.5. The average Bonchev–Trinajstić information content (AvgIpc) is 2.40. The summed E-state index contributed by atoms with van der Waals surface area (Å²) in [5.41, 5.74) is 5.62. The molecule has 1 aliphatic rings. The molecule has 0 saturated carbocycles. The van der Waals surface area contributed by atoms with Crippen molar-refractivity contribution in [2.45, 2.75) is 6.54 Å². The summed E-state index contributed by atoms with van der Waals surface area (Å²) in [5.74, 6) is -0.969. The molecule has 0 radical (unpaired) electrons. The first-order chi connectivity index (χ1) is 8.65. The van der Waals surface area contributed by atoms with Crippen LogP contribution in [0.1, 0.15) is 15.9 Å². The molecule has 0 atom stereocenters. The Balaban J connectivity index is 2.30. The molecule has 1 saturated heterocycles. The molecule has 1 aliphatic heterocycles. The van der Waals surface area contributed by atoms with Gasteiger partial charge in [0.05, 0.1) is 18.8 Å². The van der Waals surface area contributed by atoms with Gasteiger partial charge in [-0.3, -0.25) is 4.79 Å². The lowest BCUT2D eigenvalue weighted by Crippen LogP contribution is -2.41. The van der Waals surface area contributed by atoms with Gasteiger partial charge in [-0.25, -0.2) is 4.39 Å². The fraction of sp³-hybridized carbons (Fsp3) is 0.417. The second-order valence-electron chi connectivity index (χ2n) is 4.00. The minimum Gasteiger partial charge on any atom is -0.378 e. The molecule has 2 N–H and O–H groups in total. The molecule has 0 unspecified atom stereocenters. The zero-order chi connectivity index (χ0) is 13.1. The largest absolute Gasteiger partial charge is 0.378 e. The molecule has 4 nitrogen and oxygen atoms in total. The van der Waals surface area contributed by atoms with E-state index in [2.05, 4.69) is 0 Å². The van der Waals surface area contributed by atoms with Gasteiger partial charge in [-0.05, 0) is 12.1 Å². The van der Waals surface area contributed by atoms with Gasteiger partial charge >= 0.3 is 0 Å². The van der Waals surface area contributed by atoms with Gasteiger partial charge in [0.25, 0.3) is 5.91 Å². The second-order valence-corrected chi connectivity index (χ2v) is 4.40. The Kier molecular flexibility index (Phi) is 4.16. The zero-order valence-electron chi connectivity index (χ0n) is 9.79. The van der Waals surface area contributed by atoms with E-state index < -0.39 is 5.82 Å². The van der Waals surface area contributed by atoms with Gasteiger partial charge in [0.2, 0.25) is 0 Å². The number of hydrogen-bond donors (Lipinski definition) is 1. The van der Waals surface area contributed by atoms with Crippen LogP contribution in [0.15, 0.2) is 12.1 Å². The van der Waals surface area contributed by atoms with E-state index in [-0.39, 0.29) is 28.6 Å². The van der Waals surface area contributed by atoms with E-state index in [0.717, 1.165) is 0 Å². The van der Waals surface area contributed by atoms with Crippen LogP contribution >= 0.6 is 11.6 Å².